The summed E-state index contributed by atoms with van der Waals surface area (Å²) in [7, 11) is 0. The van der Waals surface area contributed by atoms with Gasteiger partial charge in [0.25, 0.3) is 0 Å². The number of Topliss-reactive ketones (excluding diaryl/α,β-unsaturated/α-hetero) is 2. The Hall–Kier alpha value is -0.920. The fourth-order valence-corrected chi connectivity index (χ4v) is 1.64. The zero-order valence-electron chi connectivity index (χ0n) is 11.3. The molecule has 0 heterocycles. The van der Waals surface area contributed by atoms with Crippen LogP contribution in [0.4, 0.5) is 0 Å². The molecule has 17 heavy (non-hydrogen) atoms. The number of hydrogen-bond donors (Lipinski definition) is 0. The molecule has 0 spiro atoms. The highest BCUT2D eigenvalue weighted by atomic mass is 16.1. The SMILES string of the molecule is CCC=CCCCCC(=O)CC(=O)CCCC. The van der Waals surface area contributed by atoms with Gasteiger partial charge in [0.05, 0.1) is 6.42 Å². The summed E-state index contributed by atoms with van der Waals surface area (Å²) >= 11 is 0. The average molecular weight is 238 g/mol. The van der Waals surface area contributed by atoms with Crippen LogP contribution in [0.15, 0.2) is 12.2 Å². The summed E-state index contributed by atoms with van der Waals surface area (Å²) in [6, 6.07) is 0. The normalized spacial score (nSPS) is 10.9. The van der Waals surface area contributed by atoms with Crippen LogP contribution >= 0.6 is 0 Å². The van der Waals surface area contributed by atoms with E-state index in [4.69, 9.17) is 0 Å². The summed E-state index contributed by atoms with van der Waals surface area (Å²) in [6.07, 6.45) is 11.6. The molecule has 0 atom stereocenters. The van der Waals surface area contributed by atoms with Crippen molar-refractivity contribution in [2.75, 3.05) is 0 Å². The molecule has 0 unspecified atom stereocenters. The lowest BCUT2D eigenvalue weighted by atomic mass is 10.0. The minimum Gasteiger partial charge on any atom is -0.299 e. The standard InChI is InChI=1S/C15H26O2/c1-3-5-7-8-9-10-12-15(17)13-14(16)11-6-4-2/h5,7H,3-4,6,8-13H2,1-2H3. The van der Waals surface area contributed by atoms with E-state index in [9.17, 15) is 9.59 Å². The number of hydrogen-bond acceptors (Lipinski definition) is 2. The molecule has 0 aromatic heterocycles. The lowest BCUT2D eigenvalue weighted by Crippen LogP contribution is -2.07. The number of ketones is 2. The van der Waals surface area contributed by atoms with Crippen LogP contribution in [0.2, 0.25) is 0 Å². The summed E-state index contributed by atoms with van der Waals surface area (Å²) in [5.74, 6) is 0.230. The first-order chi connectivity index (χ1) is 8.20. The molecule has 0 bridgehead atoms. The Morgan fingerprint density at radius 3 is 2.12 bits per heavy atom. The first kappa shape index (κ1) is 16.1. The van der Waals surface area contributed by atoms with Crippen molar-refractivity contribution in [2.24, 2.45) is 0 Å². The van der Waals surface area contributed by atoms with Crippen molar-refractivity contribution in [1.82, 2.24) is 0 Å². The van der Waals surface area contributed by atoms with E-state index < -0.39 is 0 Å². The molecule has 0 aromatic rings. The molecule has 0 N–H and O–H groups in total. The molecule has 0 fully saturated rings. The second-order valence-corrected chi connectivity index (χ2v) is 4.48. The fourth-order valence-electron chi connectivity index (χ4n) is 1.64. The maximum Gasteiger partial charge on any atom is 0.140 e. The summed E-state index contributed by atoms with van der Waals surface area (Å²) in [5, 5.41) is 0. The van der Waals surface area contributed by atoms with Gasteiger partial charge in [-0.2, -0.15) is 0 Å². The Kier molecular flexibility index (Phi) is 10.9. The zero-order chi connectivity index (χ0) is 12.9. The first-order valence-electron chi connectivity index (χ1n) is 6.89. The van der Waals surface area contributed by atoms with Gasteiger partial charge in [0.15, 0.2) is 0 Å². The van der Waals surface area contributed by atoms with Crippen LogP contribution in [0.3, 0.4) is 0 Å². The summed E-state index contributed by atoms with van der Waals surface area (Å²) in [5.41, 5.74) is 0. The smallest absolute Gasteiger partial charge is 0.140 e. The Balaban J connectivity index is 3.46. The number of rotatable bonds is 11. The maximum atomic E-state index is 11.5. The Labute approximate surface area is 105 Å². The highest BCUT2D eigenvalue weighted by Gasteiger charge is 2.08. The quantitative estimate of drug-likeness (QED) is 0.306. The minimum atomic E-state index is 0.114. The van der Waals surface area contributed by atoms with E-state index in [1.54, 1.807) is 0 Å². The van der Waals surface area contributed by atoms with Crippen LogP contribution in [0, 0.1) is 0 Å². The second kappa shape index (κ2) is 11.6. The van der Waals surface area contributed by atoms with Crippen molar-refractivity contribution in [3.8, 4) is 0 Å². The lowest BCUT2D eigenvalue weighted by Gasteiger charge is -2.00. The number of allylic oxidation sites excluding steroid dienone is 2. The summed E-state index contributed by atoms with van der Waals surface area (Å²) < 4.78 is 0. The van der Waals surface area contributed by atoms with Crippen molar-refractivity contribution in [1.29, 1.82) is 0 Å². The topological polar surface area (TPSA) is 34.1 Å². The summed E-state index contributed by atoms with van der Waals surface area (Å²) in [6.45, 7) is 4.17. The van der Waals surface area contributed by atoms with Crippen LogP contribution in [-0.4, -0.2) is 11.6 Å². The van der Waals surface area contributed by atoms with Crippen LogP contribution in [0.1, 0.15) is 71.6 Å². The molecule has 0 rings (SSSR count). The first-order valence-corrected chi connectivity index (χ1v) is 6.89. The molecule has 2 nitrogen and oxygen atoms in total. The molecular weight excluding hydrogens is 212 g/mol. The van der Waals surface area contributed by atoms with Crippen LogP contribution in [0.25, 0.3) is 0 Å². The average Bonchev–Trinajstić information content (AvgIpc) is 2.31. The predicted octanol–water partition coefficient (Wildman–Crippen LogP) is 4.23. The van der Waals surface area contributed by atoms with Crippen molar-refractivity contribution in [3.05, 3.63) is 12.2 Å². The third-order valence-electron chi connectivity index (χ3n) is 2.68. The van der Waals surface area contributed by atoms with Gasteiger partial charge >= 0.3 is 0 Å². The van der Waals surface area contributed by atoms with E-state index in [-0.39, 0.29) is 18.0 Å². The Morgan fingerprint density at radius 1 is 0.882 bits per heavy atom. The van der Waals surface area contributed by atoms with Gasteiger partial charge in [0.2, 0.25) is 0 Å². The van der Waals surface area contributed by atoms with Gasteiger partial charge in [-0.3, -0.25) is 9.59 Å². The van der Waals surface area contributed by atoms with Crippen LogP contribution < -0.4 is 0 Å². The van der Waals surface area contributed by atoms with E-state index in [0.29, 0.717) is 12.8 Å². The molecule has 0 aliphatic rings. The third-order valence-corrected chi connectivity index (χ3v) is 2.68. The van der Waals surface area contributed by atoms with Gasteiger partial charge in [0, 0.05) is 12.8 Å². The molecule has 0 radical (unpaired) electrons. The second-order valence-electron chi connectivity index (χ2n) is 4.48. The molecule has 98 valence electrons. The molecule has 0 aromatic carbocycles. The molecular formula is C15H26O2. The van der Waals surface area contributed by atoms with E-state index in [0.717, 1.165) is 38.5 Å². The molecule has 0 aliphatic carbocycles. The van der Waals surface area contributed by atoms with Crippen molar-refractivity contribution in [3.63, 3.8) is 0 Å². The van der Waals surface area contributed by atoms with E-state index in [2.05, 4.69) is 26.0 Å². The van der Waals surface area contributed by atoms with Crippen molar-refractivity contribution >= 4 is 11.6 Å². The maximum absolute atomic E-state index is 11.5. The van der Waals surface area contributed by atoms with Gasteiger partial charge in [-0.15, -0.1) is 0 Å². The Morgan fingerprint density at radius 2 is 1.53 bits per heavy atom. The highest BCUT2D eigenvalue weighted by Crippen LogP contribution is 2.06. The number of unbranched alkanes of at least 4 members (excludes halogenated alkanes) is 3. The largest absolute Gasteiger partial charge is 0.299 e. The Bertz CT molecular complexity index is 241. The molecule has 0 saturated carbocycles. The number of carbonyl (C=O) groups is 2. The van der Waals surface area contributed by atoms with Crippen LogP contribution in [-0.2, 0) is 9.59 Å². The zero-order valence-corrected chi connectivity index (χ0v) is 11.3. The fraction of sp³-hybridized carbons (Fsp3) is 0.733. The van der Waals surface area contributed by atoms with Crippen LogP contribution in [0.5, 0.6) is 0 Å². The predicted molar refractivity (Wildman–Crippen MR) is 72.1 cm³/mol. The third kappa shape index (κ3) is 11.3. The molecule has 2 heteroatoms. The van der Waals surface area contributed by atoms with Gasteiger partial charge in [0.1, 0.15) is 11.6 Å². The van der Waals surface area contributed by atoms with E-state index in [1.165, 1.54) is 0 Å². The minimum absolute atomic E-state index is 0.114. The monoisotopic (exact) mass is 238 g/mol. The molecule has 0 aliphatic heterocycles. The number of carbonyl (C=O) groups excluding carboxylic acids is 2. The van der Waals surface area contributed by atoms with Gasteiger partial charge < -0.3 is 0 Å². The van der Waals surface area contributed by atoms with Crippen molar-refractivity contribution < 1.29 is 9.59 Å². The van der Waals surface area contributed by atoms with E-state index >= 15 is 0 Å². The van der Waals surface area contributed by atoms with Gasteiger partial charge in [-0.1, -0.05) is 32.4 Å². The van der Waals surface area contributed by atoms with Gasteiger partial charge in [-0.05, 0) is 32.1 Å². The van der Waals surface area contributed by atoms with Gasteiger partial charge in [-0.25, -0.2) is 0 Å². The van der Waals surface area contributed by atoms with Crippen molar-refractivity contribution in [2.45, 2.75) is 71.6 Å². The lowest BCUT2D eigenvalue weighted by molar-refractivity contribution is -0.127. The summed E-state index contributed by atoms with van der Waals surface area (Å²) in [4.78, 5) is 22.8. The van der Waals surface area contributed by atoms with E-state index in [1.807, 2.05) is 0 Å². The highest BCUT2D eigenvalue weighted by molar-refractivity contribution is 5.98. The molecule has 0 saturated heterocycles. The molecule has 0 amide bonds.